The number of nitrogens with one attached hydrogen (secondary N) is 1. The lowest BCUT2D eigenvalue weighted by Gasteiger charge is -2.21. The molecule has 1 aromatic rings. The topological polar surface area (TPSA) is 55.2 Å². The second-order valence-electron chi connectivity index (χ2n) is 3.59. The van der Waals surface area contributed by atoms with Crippen molar-refractivity contribution in [1.29, 1.82) is 0 Å². The van der Waals surface area contributed by atoms with Crippen LogP contribution in [0.1, 0.15) is 17.5 Å². The van der Waals surface area contributed by atoms with E-state index in [1.165, 1.54) is 11.1 Å². The van der Waals surface area contributed by atoms with Gasteiger partial charge in [0.25, 0.3) is 0 Å². The molecule has 1 aromatic carbocycles. The number of benzene rings is 1. The molecule has 4 heteroatoms. The second-order valence-corrected chi connectivity index (χ2v) is 3.59. The van der Waals surface area contributed by atoms with Gasteiger partial charge >= 0.3 is 0 Å². The molecule has 0 saturated heterocycles. The van der Waals surface area contributed by atoms with Crippen LogP contribution in [0, 0.1) is 10.1 Å². The van der Waals surface area contributed by atoms with Crippen LogP contribution in [0.5, 0.6) is 0 Å². The van der Waals surface area contributed by atoms with Crippen LogP contribution in [0.2, 0.25) is 0 Å². The Morgan fingerprint density at radius 2 is 2.07 bits per heavy atom. The quantitative estimate of drug-likeness (QED) is 0.568. The zero-order valence-electron chi connectivity index (χ0n) is 7.77. The Hall–Kier alpha value is -1.58. The summed E-state index contributed by atoms with van der Waals surface area (Å²) < 4.78 is 0. The van der Waals surface area contributed by atoms with Crippen molar-refractivity contribution in [3.63, 3.8) is 0 Å². The molecule has 2 rings (SSSR count). The summed E-state index contributed by atoms with van der Waals surface area (Å²) >= 11 is 0. The largest absolute Gasteiger partial charge is 0.235 e. The van der Waals surface area contributed by atoms with Crippen molar-refractivity contribution in [3.05, 3.63) is 45.5 Å². The fraction of sp³-hybridized carbons (Fsp3) is 0.400. The van der Waals surface area contributed by atoms with Gasteiger partial charge in [0.15, 0.2) is 5.03 Å². The summed E-state index contributed by atoms with van der Waals surface area (Å²) in [4.78, 5) is 10.3. The lowest BCUT2D eigenvalue weighted by atomic mass is 9.89. The van der Waals surface area contributed by atoms with E-state index in [1.807, 2.05) is 18.2 Å². The van der Waals surface area contributed by atoms with Crippen molar-refractivity contribution < 1.29 is 5.03 Å². The van der Waals surface area contributed by atoms with E-state index in [2.05, 4.69) is 11.5 Å². The summed E-state index contributed by atoms with van der Waals surface area (Å²) in [6.45, 7) is 0. The zero-order chi connectivity index (χ0) is 9.97. The highest BCUT2D eigenvalue weighted by atomic mass is 16.7. The van der Waals surface area contributed by atoms with Gasteiger partial charge in [0.1, 0.15) is 0 Å². The molecule has 0 spiro atoms. The molecule has 1 aliphatic rings. The maximum atomic E-state index is 10.3. The highest BCUT2D eigenvalue weighted by Crippen LogP contribution is 2.20. The Bertz CT molecular complexity index is 352. The molecule has 1 atom stereocenters. The Labute approximate surface area is 82.1 Å². The van der Waals surface area contributed by atoms with Gasteiger partial charge in [0, 0.05) is 0 Å². The summed E-state index contributed by atoms with van der Waals surface area (Å²) in [6, 6.07) is 8.12. The van der Waals surface area contributed by atoms with Crippen LogP contribution in [0.3, 0.4) is 0 Å². The smallest absolute Gasteiger partial charge is 0.157 e. The van der Waals surface area contributed by atoms with Crippen LogP contribution in [-0.4, -0.2) is 11.1 Å². The molecule has 1 aliphatic carbocycles. The first-order valence-electron chi connectivity index (χ1n) is 4.73. The number of hydrogen-bond donors (Lipinski definition) is 1. The standard InChI is InChI=1S/C10H12N2O2/c13-12(14)11-10-6-5-8-3-1-2-4-9(8)7-10/h1-4,10-11H,5-7H2. The lowest BCUT2D eigenvalue weighted by molar-refractivity contribution is -0.551. The first-order valence-corrected chi connectivity index (χ1v) is 4.73. The Morgan fingerprint density at radius 1 is 1.36 bits per heavy atom. The van der Waals surface area contributed by atoms with Gasteiger partial charge in [-0.05, 0) is 30.4 Å². The second kappa shape index (κ2) is 3.65. The highest BCUT2D eigenvalue weighted by molar-refractivity contribution is 5.30. The molecule has 14 heavy (non-hydrogen) atoms. The van der Waals surface area contributed by atoms with Gasteiger partial charge < -0.3 is 0 Å². The van der Waals surface area contributed by atoms with E-state index >= 15 is 0 Å². The minimum Gasteiger partial charge on any atom is -0.235 e. The predicted molar refractivity (Wildman–Crippen MR) is 52.4 cm³/mol. The number of nitro groups is 1. The maximum Gasteiger partial charge on any atom is 0.157 e. The third kappa shape index (κ3) is 1.84. The van der Waals surface area contributed by atoms with Crippen molar-refractivity contribution in [2.45, 2.75) is 25.3 Å². The highest BCUT2D eigenvalue weighted by Gasteiger charge is 2.20. The van der Waals surface area contributed by atoms with Crippen molar-refractivity contribution in [1.82, 2.24) is 5.43 Å². The van der Waals surface area contributed by atoms with Crippen molar-refractivity contribution >= 4 is 0 Å². The average molecular weight is 192 g/mol. The third-order valence-corrected chi connectivity index (χ3v) is 2.63. The van der Waals surface area contributed by atoms with Crippen molar-refractivity contribution in [2.24, 2.45) is 0 Å². The zero-order valence-corrected chi connectivity index (χ0v) is 7.77. The summed E-state index contributed by atoms with van der Waals surface area (Å²) in [6.07, 6.45) is 2.54. The van der Waals surface area contributed by atoms with Crippen LogP contribution in [0.25, 0.3) is 0 Å². The van der Waals surface area contributed by atoms with Crippen LogP contribution in [-0.2, 0) is 12.8 Å². The normalized spacial score (nSPS) is 19.9. The number of aryl methyl sites for hydroxylation is 1. The van der Waals surface area contributed by atoms with Crippen molar-refractivity contribution in [3.8, 4) is 0 Å². The molecule has 0 heterocycles. The van der Waals surface area contributed by atoms with Gasteiger partial charge in [-0.3, -0.25) is 0 Å². The first-order chi connectivity index (χ1) is 6.75. The van der Waals surface area contributed by atoms with Gasteiger partial charge in [0.05, 0.1) is 6.04 Å². The van der Waals surface area contributed by atoms with Gasteiger partial charge in [0.2, 0.25) is 0 Å². The van der Waals surface area contributed by atoms with E-state index in [0.717, 1.165) is 19.3 Å². The molecule has 1 unspecified atom stereocenters. The molecule has 0 fully saturated rings. The Balaban J connectivity index is 2.09. The molecule has 74 valence electrons. The first kappa shape index (κ1) is 8.99. The van der Waals surface area contributed by atoms with Crippen LogP contribution in [0.4, 0.5) is 0 Å². The fourth-order valence-electron chi connectivity index (χ4n) is 1.96. The van der Waals surface area contributed by atoms with E-state index in [0.29, 0.717) is 0 Å². The molecular formula is C10H12N2O2. The molecule has 0 aliphatic heterocycles. The average Bonchev–Trinajstić information content (AvgIpc) is 2.17. The fourth-order valence-corrected chi connectivity index (χ4v) is 1.96. The number of fused-ring (bicyclic) bond motifs is 1. The Morgan fingerprint density at radius 3 is 2.79 bits per heavy atom. The molecule has 4 nitrogen and oxygen atoms in total. The van der Waals surface area contributed by atoms with E-state index < -0.39 is 5.03 Å². The van der Waals surface area contributed by atoms with Gasteiger partial charge in [-0.25, -0.2) is 10.1 Å². The van der Waals surface area contributed by atoms with E-state index in [1.54, 1.807) is 0 Å². The minimum absolute atomic E-state index is 0.0140. The summed E-state index contributed by atoms with van der Waals surface area (Å²) in [7, 11) is 0. The van der Waals surface area contributed by atoms with E-state index in [4.69, 9.17) is 0 Å². The maximum absolute atomic E-state index is 10.3. The van der Waals surface area contributed by atoms with Gasteiger partial charge in [-0.1, -0.05) is 24.3 Å². The predicted octanol–water partition coefficient (Wildman–Crippen LogP) is 1.33. The SMILES string of the molecule is O=[N+]([O-])NC1CCc2ccccc2C1. The van der Waals surface area contributed by atoms with Gasteiger partial charge in [-0.2, -0.15) is 0 Å². The summed E-state index contributed by atoms with van der Waals surface area (Å²) in [5.74, 6) is 0. The number of hydrogen-bond acceptors (Lipinski definition) is 2. The van der Waals surface area contributed by atoms with Gasteiger partial charge in [-0.15, -0.1) is 5.43 Å². The molecular weight excluding hydrogens is 180 g/mol. The minimum atomic E-state index is -0.446. The van der Waals surface area contributed by atoms with Crippen molar-refractivity contribution in [2.75, 3.05) is 0 Å². The van der Waals surface area contributed by atoms with Crippen LogP contribution < -0.4 is 5.43 Å². The van der Waals surface area contributed by atoms with E-state index in [-0.39, 0.29) is 6.04 Å². The monoisotopic (exact) mass is 192 g/mol. The molecule has 1 N–H and O–H groups in total. The third-order valence-electron chi connectivity index (χ3n) is 2.63. The number of hydrazine groups is 1. The van der Waals surface area contributed by atoms with Crippen LogP contribution in [0.15, 0.2) is 24.3 Å². The lowest BCUT2D eigenvalue weighted by Crippen LogP contribution is -2.38. The Kier molecular flexibility index (Phi) is 2.35. The van der Waals surface area contributed by atoms with Crippen LogP contribution >= 0.6 is 0 Å². The summed E-state index contributed by atoms with van der Waals surface area (Å²) in [5.41, 5.74) is 4.91. The molecule has 0 saturated carbocycles. The number of rotatable bonds is 2. The molecule has 0 amide bonds. The summed E-state index contributed by atoms with van der Waals surface area (Å²) in [5, 5.41) is 9.83. The molecule has 0 radical (unpaired) electrons. The number of nitrogens with zero attached hydrogens (tertiary/aromatic N) is 1. The molecule has 0 aromatic heterocycles. The van der Waals surface area contributed by atoms with E-state index in [9.17, 15) is 10.1 Å². The molecule has 0 bridgehead atoms.